The molecule has 6 heteroatoms. The molecule has 1 N–H and O–H groups in total. The van der Waals surface area contributed by atoms with E-state index < -0.39 is 9.84 Å². The van der Waals surface area contributed by atoms with Crippen molar-refractivity contribution in [3.05, 3.63) is 40.2 Å². The number of aromatic nitrogens is 1. The highest BCUT2D eigenvalue weighted by Crippen LogP contribution is 2.19. The van der Waals surface area contributed by atoms with Gasteiger partial charge in [-0.3, -0.25) is 4.79 Å². The van der Waals surface area contributed by atoms with Gasteiger partial charge < -0.3 is 4.98 Å². The molecule has 0 aliphatic heterocycles. The maximum Gasteiger partial charge on any atom is 0.193 e. The zero-order valence-electron chi connectivity index (χ0n) is 10.1. The number of sulfone groups is 1. The topological polar surface area (TPSA) is 67.0 Å². The summed E-state index contributed by atoms with van der Waals surface area (Å²) in [6.07, 6.45) is 4.56. The lowest BCUT2D eigenvalue weighted by atomic mass is 10.1. The predicted octanol–water partition coefficient (Wildman–Crippen LogP) is 1.79. The molecule has 0 radical (unpaired) electrons. The lowest BCUT2D eigenvalue weighted by molar-refractivity contribution is 0.601. The highest BCUT2D eigenvalue weighted by atomic mass is 32.2. The van der Waals surface area contributed by atoms with Crippen LogP contribution in [0.15, 0.2) is 34.1 Å². The predicted molar refractivity (Wildman–Crippen MR) is 74.9 cm³/mol. The van der Waals surface area contributed by atoms with Gasteiger partial charge in [0.05, 0.1) is 11.3 Å². The zero-order chi connectivity index (χ0) is 13.3. The molecular weight excluding hydrogens is 270 g/mol. The first-order valence-electron chi connectivity index (χ1n) is 5.27. The number of fused-ring (bicyclic) bond motifs is 1. The first-order chi connectivity index (χ1) is 8.40. The molecule has 96 valence electrons. The molecule has 0 spiro atoms. The monoisotopic (exact) mass is 283 g/mol. The normalized spacial score (nSPS) is 11.9. The third-order valence-electron chi connectivity index (χ3n) is 2.58. The van der Waals surface area contributed by atoms with E-state index >= 15 is 0 Å². The van der Waals surface area contributed by atoms with E-state index in [1.54, 1.807) is 17.8 Å². The van der Waals surface area contributed by atoms with Crippen LogP contribution >= 0.6 is 11.8 Å². The molecule has 2 rings (SSSR count). The number of hydrogen-bond donors (Lipinski definition) is 1. The molecule has 18 heavy (non-hydrogen) atoms. The van der Waals surface area contributed by atoms with Crippen LogP contribution in [0, 0.1) is 0 Å². The molecule has 1 heterocycles. The van der Waals surface area contributed by atoms with Gasteiger partial charge in [-0.15, -0.1) is 11.8 Å². The quantitative estimate of drug-likeness (QED) is 0.872. The Bertz CT molecular complexity index is 747. The van der Waals surface area contributed by atoms with E-state index in [4.69, 9.17) is 0 Å². The van der Waals surface area contributed by atoms with Crippen molar-refractivity contribution in [2.45, 2.75) is 10.6 Å². The van der Waals surface area contributed by atoms with Gasteiger partial charge in [0, 0.05) is 28.3 Å². The largest absolute Gasteiger partial charge is 0.361 e. The van der Waals surface area contributed by atoms with Crippen molar-refractivity contribution < 1.29 is 8.42 Å². The molecular formula is C12H13NO3S2. The van der Waals surface area contributed by atoms with Crippen LogP contribution in [0.5, 0.6) is 0 Å². The second-order valence-electron chi connectivity index (χ2n) is 4.12. The molecule has 0 amide bonds. The molecule has 0 aliphatic rings. The van der Waals surface area contributed by atoms with Gasteiger partial charge in [-0.1, -0.05) is 0 Å². The van der Waals surface area contributed by atoms with Gasteiger partial charge in [0.25, 0.3) is 0 Å². The van der Waals surface area contributed by atoms with Crippen LogP contribution in [-0.2, 0) is 15.6 Å². The number of H-pyrrole nitrogens is 1. The van der Waals surface area contributed by atoms with Crippen molar-refractivity contribution in [2.24, 2.45) is 0 Å². The molecule has 1 aromatic heterocycles. The van der Waals surface area contributed by atoms with Gasteiger partial charge in [-0.25, -0.2) is 8.42 Å². The SMILES string of the molecule is CSc1ccc2c(=O)c(CS(C)(=O)=O)c[nH]c2c1. The summed E-state index contributed by atoms with van der Waals surface area (Å²) in [6.45, 7) is 0. The van der Waals surface area contributed by atoms with Crippen molar-refractivity contribution in [3.8, 4) is 0 Å². The summed E-state index contributed by atoms with van der Waals surface area (Å²) in [5.74, 6) is -0.234. The lowest BCUT2D eigenvalue weighted by Gasteiger charge is -2.04. The summed E-state index contributed by atoms with van der Waals surface area (Å²) < 4.78 is 22.5. The van der Waals surface area contributed by atoms with Gasteiger partial charge in [0.2, 0.25) is 0 Å². The summed E-state index contributed by atoms with van der Waals surface area (Å²) in [7, 11) is -3.21. The van der Waals surface area contributed by atoms with Crippen molar-refractivity contribution in [1.82, 2.24) is 4.98 Å². The van der Waals surface area contributed by atoms with Crippen LogP contribution in [0.1, 0.15) is 5.56 Å². The Balaban J connectivity index is 2.62. The van der Waals surface area contributed by atoms with Crippen molar-refractivity contribution >= 4 is 32.5 Å². The first-order valence-corrected chi connectivity index (χ1v) is 8.55. The first kappa shape index (κ1) is 13.2. The number of aromatic amines is 1. The van der Waals surface area contributed by atoms with Gasteiger partial charge in [-0.2, -0.15) is 0 Å². The molecule has 2 aromatic rings. The Morgan fingerprint density at radius 3 is 2.67 bits per heavy atom. The van der Waals surface area contributed by atoms with E-state index in [2.05, 4.69) is 4.98 Å². The van der Waals surface area contributed by atoms with Gasteiger partial charge in [-0.05, 0) is 24.5 Å². The van der Waals surface area contributed by atoms with Crippen molar-refractivity contribution in [3.63, 3.8) is 0 Å². The standard InChI is InChI=1S/C12H13NO3S2/c1-17-9-3-4-10-11(5-9)13-6-8(12(10)14)7-18(2,15)16/h3-6H,7H2,1-2H3,(H,13,14). The van der Waals surface area contributed by atoms with Crippen LogP contribution in [0.4, 0.5) is 0 Å². The Labute approximate surface area is 109 Å². The number of nitrogens with one attached hydrogen (secondary N) is 1. The van der Waals surface area contributed by atoms with Crippen LogP contribution in [0.2, 0.25) is 0 Å². The fraction of sp³-hybridized carbons (Fsp3) is 0.250. The minimum absolute atomic E-state index is 0.221. The maximum atomic E-state index is 12.1. The smallest absolute Gasteiger partial charge is 0.193 e. The Kier molecular flexibility index (Phi) is 3.49. The fourth-order valence-corrected chi connectivity index (χ4v) is 2.98. The van der Waals surface area contributed by atoms with E-state index in [0.29, 0.717) is 5.39 Å². The van der Waals surface area contributed by atoms with Crippen molar-refractivity contribution in [1.29, 1.82) is 0 Å². The van der Waals surface area contributed by atoms with Crippen LogP contribution < -0.4 is 5.43 Å². The fourth-order valence-electron chi connectivity index (χ4n) is 1.76. The summed E-state index contributed by atoms with van der Waals surface area (Å²) in [6, 6.07) is 5.46. The minimum Gasteiger partial charge on any atom is -0.361 e. The molecule has 0 atom stereocenters. The van der Waals surface area contributed by atoms with Gasteiger partial charge in [0.15, 0.2) is 15.3 Å². The van der Waals surface area contributed by atoms with E-state index in [0.717, 1.165) is 16.7 Å². The molecule has 0 saturated heterocycles. The Hall–Kier alpha value is -1.27. The van der Waals surface area contributed by atoms with E-state index in [-0.39, 0.29) is 16.7 Å². The van der Waals surface area contributed by atoms with Crippen LogP contribution in [0.3, 0.4) is 0 Å². The van der Waals surface area contributed by atoms with Crippen molar-refractivity contribution in [2.75, 3.05) is 12.5 Å². The number of benzene rings is 1. The third-order valence-corrected chi connectivity index (χ3v) is 4.14. The number of hydrogen-bond acceptors (Lipinski definition) is 4. The van der Waals surface area contributed by atoms with Crippen LogP contribution in [-0.4, -0.2) is 25.9 Å². The summed E-state index contributed by atoms with van der Waals surface area (Å²) in [4.78, 5) is 16.1. The highest BCUT2D eigenvalue weighted by Gasteiger charge is 2.11. The Morgan fingerprint density at radius 1 is 1.33 bits per heavy atom. The Morgan fingerprint density at radius 2 is 2.06 bits per heavy atom. The van der Waals surface area contributed by atoms with E-state index in [1.807, 2.05) is 18.4 Å². The number of pyridine rings is 1. The minimum atomic E-state index is -3.21. The molecule has 0 fully saturated rings. The molecule has 4 nitrogen and oxygen atoms in total. The van der Waals surface area contributed by atoms with E-state index in [9.17, 15) is 13.2 Å². The molecule has 0 aliphatic carbocycles. The average Bonchev–Trinajstić information content (AvgIpc) is 2.31. The van der Waals surface area contributed by atoms with Crippen LogP contribution in [0.25, 0.3) is 10.9 Å². The summed E-state index contributed by atoms with van der Waals surface area (Å²) >= 11 is 1.59. The van der Waals surface area contributed by atoms with Gasteiger partial charge in [0.1, 0.15) is 0 Å². The molecule has 0 unspecified atom stereocenters. The average molecular weight is 283 g/mol. The maximum absolute atomic E-state index is 12.1. The molecule has 0 saturated carbocycles. The highest BCUT2D eigenvalue weighted by molar-refractivity contribution is 7.98. The summed E-state index contributed by atoms with van der Waals surface area (Å²) in [5, 5.41) is 0.522. The number of rotatable bonds is 3. The third kappa shape index (κ3) is 2.76. The number of thioether (sulfide) groups is 1. The zero-order valence-corrected chi connectivity index (χ0v) is 11.7. The van der Waals surface area contributed by atoms with E-state index in [1.165, 1.54) is 6.20 Å². The molecule has 1 aromatic carbocycles. The molecule has 0 bridgehead atoms. The second kappa shape index (κ2) is 4.78. The lowest BCUT2D eigenvalue weighted by Crippen LogP contribution is -2.14. The second-order valence-corrected chi connectivity index (χ2v) is 7.14. The van der Waals surface area contributed by atoms with Gasteiger partial charge >= 0.3 is 0 Å². The summed E-state index contributed by atoms with van der Waals surface area (Å²) in [5.41, 5.74) is 0.785.